The Kier molecular flexibility index (Phi) is 5.45. The first-order chi connectivity index (χ1) is 5.86. The van der Waals surface area contributed by atoms with Gasteiger partial charge in [0, 0.05) is 5.92 Å². The molecule has 0 spiro atoms. The highest BCUT2D eigenvalue weighted by molar-refractivity contribution is 4.57. The van der Waals surface area contributed by atoms with Gasteiger partial charge in [-0.15, -0.1) is 0 Å². The fraction of sp³-hybridized carbons (Fsp3) is 1.00. The second-order valence-corrected chi connectivity index (χ2v) is 4.10. The monoisotopic (exact) mass is 194 g/mol. The van der Waals surface area contributed by atoms with Crippen LogP contribution in [0.2, 0.25) is 0 Å². The van der Waals surface area contributed by atoms with E-state index in [9.17, 15) is 8.78 Å². The number of ether oxygens (including phenoxy) is 1. The van der Waals surface area contributed by atoms with Crippen LogP contribution in [-0.2, 0) is 4.74 Å². The Hall–Kier alpha value is -0.180. The first-order valence-corrected chi connectivity index (χ1v) is 4.88. The van der Waals surface area contributed by atoms with Gasteiger partial charge in [0.25, 0.3) is 0 Å². The standard InChI is InChI=1S/C10H20F2O/c1-8(2)6-5-7-13-10(11,12)9(3)4/h8-9H,5-7H2,1-4H3. The molecule has 0 saturated carbocycles. The third-order valence-corrected chi connectivity index (χ3v) is 1.89. The van der Waals surface area contributed by atoms with Crippen molar-refractivity contribution in [1.29, 1.82) is 0 Å². The van der Waals surface area contributed by atoms with Gasteiger partial charge in [0.05, 0.1) is 6.61 Å². The maximum Gasteiger partial charge on any atom is 0.357 e. The van der Waals surface area contributed by atoms with E-state index in [1.807, 2.05) is 0 Å². The van der Waals surface area contributed by atoms with Crippen molar-refractivity contribution in [2.45, 2.75) is 46.6 Å². The highest BCUT2D eigenvalue weighted by Crippen LogP contribution is 2.25. The lowest BCUT2D eigenvalue weighted by molar-refractivity contribution is -0.265. The van der Waals surface area contributed by atoms with Crippen LogP contribution in [0.3, 0.4) is 0 Å². The van der Waals surface area contributed by atoms with Crippen LogP contribution >= 0.6 is 0 Å². The van der Waals surface area contributed by atoms with Crippen molar-refractivity contribution >= 4 is 0 Å². The van der Waals surface area contributed by atoms with E-state index in [4.69, 9.17) is 0 Å². The number of alkyl halides is 2. The second kappa shape index (κ2) is 5.53. The number of hydrogen-bond donors (Lipinski definition) is 0. The molecule has 0 fully saturated rings. The summed E-state index contributed by atoms with van der Waals surface area (Å²) in [6.07, 6.45) is -1.31. The number of halogens is 2. The average molecular weight is 194 g/mol. The molecule has 80 valence electrons. The van der Waals surface area contributed by atoms with E-state index in [2.05, 4.69) is 18.6 Å². The Morgan fingerprint density at radius 2 is 1.69 bits per heavy atom. The molecule has 0 heterocycles. The van der Waals surface area contributed by atoms with Crippen LogP contribution in [0, 0.1) is 11.8 Å². The minimum atomic E-state index is -2.96. The van der Waals surface area contributed by atoms with Gasteiger partial charge in [0.2, 0.25) is 0 Å². The van der Waals surface area contributed by atoms with Gasteiger partial charge >= 0.3 is 6.11 Å². The maximum atomic E-state index is 12.8. The number of hydrogen-bond acceptors (Lipinski definition) is 1. The molecule has 1 nitrogen and oxygen atoms in total. The summed E-state index contributed by atoms with van der Waals surface area (Å²) in [5, 5.41) is 0. The summed E-state index contributed by atoms with van der Waals surface area (Å²) in [6, 6.07) is 0. The summed E-state index contributed by atoms with van der Waals surface area (Å²) in [4.78, 5) is 0. The predicted molar refractivity (Wildman–Crippen MR) is 49.8 cm³/mol. The van der Waals surface area contributed by atoms with Crippen LogP contribution in [0.1, 0.15) is 40.5 Å². The first-order valence-electron chi connectivity index (χ1n) is 4.88. The van der Waals surface area contributed by atoms with E-state index in [1.54, 1.807) is 0 Å². The third kappa shape index (κ3) is 5.97. The van der Waals surface area contributed by atoms with Crippen LogP contribution in [0.4, 0.5) is 8.78 Å². The van der Waals surface area contributed by atoms with Crippen molar-refractivity contribution in [3.63, 3.8) is 0 Å². The van der Waals surface area contributed by atoms with Crippen LogP contribution in [0.25, 0.3) is 0 Å². The maximum absolute atomic E-state index is 12.8. The fourth-order valence-electron chi connectivity index (χ4n) is 0.866. The molecule has 0 aromatic heterocycles. The Bertz CT molecular complexity index is 133. The van der Waals surface area contributed by atoms with Crippen LogP contribution < -0.4 is 0 Å². The molecule has 0 unspecified atom stereocenters. The van der Waals surface area contributed by atoms with Gasteiger partial charge in [-0.1, -0.05) is 27.7 Å². The molecule has 0 bridgehead atoms. The number of rotatable bonds is 6. The Morgan fingerprint density at radius 1 is 1.15 bits per heavy atom. The minimum Gasteiger partial charge on any atom is -0.320 e. The van der Waals surface area contributed by atoms with E-state index in [0.29, 0.717) is 12.3 Å². The lowest BCUT2D eigenvalue weighted by Gasteiger charge is -2.20. The van der Waals surface area contributed by atoms with Crippen molar-refractivity contribution in [1.82, 2.24) is 0 Å². The van der Waals surface area contributed by atoms with Gasteiger partial charge < -0.3 is 4.74 Å². The second-order valence-electron chi connectivity index (χ2n) is 4.10. The molecule has 0 atom stereocenters. The van der Waals surface area contributed by atoms with E-state index < -0.39 is 12.0 Å². The summed E-state index contributed by atoms with van der Waals surface area (Å²) in [5.74, 6) is -0.192. The SMILES string of the molecule is CC(C)CCCOC(F)(F)C(C)C. The summed E-state index contributed by atoms with van der Waals surface area (Å²) in [5.41, 5.74) is 0. The van der Waals surface area contributed by atoms with Crippen molar-refractivity contribution in [2.24, 2.45) is 11.8 Å². The van der Waals surface area contributed by atoms with Gasteiger partial charge in [-0.3, -0.25) is 0 Å². The lowest BCUT2D eigenvalue weighted by Crippen LogP contribution is -2.28. The minimum absolute atomic E-state index is 0.156. The molecule has 0 saturated heterocycles. The Balaban J connectivity index is 3.52. The molecule has 0 aliphatic heterocycles. The van der Waals surface area contributed by atoms with Crippen molar-refractivity contribution in [3.8, 4) is 0 Å². The van der Waals surface area contributed by atoms with Crippen LogP contribution in [0.15, 0.2) is 0 Å². The molecule has 0 aliphatic rings. The summed E-state index contributed by atoms with van der Waals surface area (Å²) >= 11 is 0. The van der Waals surface area contributed by atoms with Crippen molar-refractivity contribution < 1.29 is 13.5 Å². The van der Waals surface area contributed by atoms with E-state index in [0.717, 1.165) is 6.42 Å². The van der Waals surface area contributed by atoms with Gasteiger partial charge in [-0.05, 0) is 18.8 Å². The molecule has 3 heteroatoms. The van der Waals surface area contributed by atoms with E-state index in [-0.39, 0.29) is 6.61 Å². The zero-order valence-electron chi connectivity index (χ0n) is 8.94. The topological polar surface area (TPSA) is 9.23 Å². The predicted octanol–water partition coefficient (Wildman–Crippen LogP) is 3.69. The molecule has 0 aromatic carbocycles. The summed E-state index contributed by atoms with van der Waals surface area (Å²) in [7, 11) is 0. The molecular weight excluding hydrogens is 174 g/mol. The zero-order chi connectivity index (χ0) is 10.5. The average Bonchev–Trinajstić information content (AvgIpc) is 1.97. The normalized spacial score (nSPS) is 12.9. The molecule has 13 heavy (non-hydrogen) atoms. The molecule has 0 aliphatic carbocycles. The van der Waals surface area contributed by atoms with E-state index >= 15 is 0 Å². The molecule has 0 N–H and O–H groups in total. The molecule has 0 amide bonds. The van der Waals surface area contributed by atoms with Gasteiger partial charge in [-0.2, -0.15) is 8.78 Å². The van der Waals surface area contributed by atoms with Gasteiger partial charge in [0.15, 0.2) is 0 Å². The lowest BCUT2D eigenvalue weighted by atomic mass is 10.1. The summed E-state index contributed by atoms with van der Waals surface area (Å²) in [6.45, 7) is 7.22. The Morgan fingerprint density at radius 3 is 2.08 bits per heavy atom. The van der Waals surface area contributed by atoms with Crippen LogP contribution in [-0.4, -0.2) is 12.7 Å². The first kappa shape index (κ1) is 12.8. The van der Waals surface area contributed by atoms with Crippen molar-refractivity contribution in [2.75, 3.05) is 6.61 Å². The summed E-state index contributed by atoms with van der Waals surface area (Å²) < 4.78 is 30.2. The fourth-order valence-corrected chi connectivity index (χ4v) is 0.866. The van der Waals surface area contributed by atoms with Gasteiger partial charge in [0.1, 0.15) is 0 Å². The highest BCUT2D eigenvalue weighted by Gasteiger charge is 2.33. The smallest absolute Gasteiger partial charge is 0.320 e. The van der Waals surface area contributed by atoms with Crippen molar-refractivity contribution in [3.05, 3.63) is 0 Å². The highest BCUT2D eigenvalue weighted by atomic mass is 19.3. The molecule has 0 rings (SSSR count). The van der Waals surface area contributed by atoms with Gasteiger partial charge in [-0.25, -0.2) is 0 Å². The molecule has 0 radical (unpaired) electrons. The quantitative estimate of drug-likeness (QED) is 0.586. The third-order valence-electron chi connectivity index (χ3n) is 1.89. The zero-order valence-corrected chi connectivity index (χ0v) is 8.94. The Labute approximate surface area is 79.5 Å². The molecular formula is C10H20F2O. The van der Waals surface area contributed by atoms with Crippen LogP contribution in [0.5, 0.6) is 0 Å². The van der Waals surface area contributed by atoms with E-state index in [1.165, 1.54) is 13.8 Å². The molecule has 0 aromatic rings. The largest absolute Gasteiger partial charge is 0.357 e.